The molecule has 0 saturated heterocycles. The summed E-state index contributed by atoms with van der Waals surface area (Å²) in [6.07, 6.45) is 3.66. The van der Waals surface area contributed by atoms with Gasteiger partial charge in [-0.3, -0.25) is 4.68 Å². The van der Waals surface area contributed by atoms with Crippen molar-refractivity contribution in [1.29, 1.82) is 5.26 Å². The van der Waals surface area contributed by atoms with E-state index in [1.165, 1.54) is 0 Å². The van der Waals surface area contributed by atoms with Crippen molar-refractivity contribution in [3.05, 3.63) is 41.6 Å². The molecule has 3 rings (SSSR count). The normalized spacial score (nSPS) is 15.8. The fourth-order valence-corrected chi connectivity index (χ4v) is 2.42. The van der Waals surface area contributed by atoms with Crippen LogP contribution in [0.5, 0.6) is 0 Å². The van der Waals surface area contributed by atoms with Gasteiger partial charge in [-0.15, -0.1) is 0 Å². The molecular weight excluding hydrogens is 236 g/mol. The van der Waals surface area contributed by atoms with Crippen LogP contribution in [0.4, 0.5) is 11.5 Å². The van der Waals surface area contributed by atoms with E-state index in [4.69, 9.17) is 0 Å². The molecule has 0 amide bonds. The molecule has 0 aliphatic heterocycles. The smallest absolute Gasteiger partial charge is 0.128 e. The van der Waals surface area contributed by atoms with Crippen LogP contribution >= 0.6 is 0 Å². The summed E-state index contributed by atoms with van der Waals surface area (Å²) in [4.78, 5) is 0. The van der Waals surface area contributed by atoms with Crippen LogP contribution in [0.1, 0.15) is 24.0 Å². The lowest BCUT2D eigenvalue weighted by molar-refractivity contribution is 0.775. The highest BCUT2D eigenvalue weighted by atomic mass is 15.3. The molecule has 4 heteroatoms. The first-order chi connectivity index (χ1) is 9.16. The van der Waals surface area contributed by atoms with E-state index in [0.717, 1.165) is 35.5 Å². The first-order valence-corrected chi connectivity index (χ1v) is 6.43. The Morgan fingerprint density at radius 3 is 2.74 bits per heavy atom. The molecule has 0 unspecified atom stereocenters. The molecule has 4 nitrogen and oxygen atoms in total. The summed E-state index contributed by atoms with van der Waals surface area (Å²) in [5, 5.41) is 17.0. The molecule has 0 spiro atoms. The van der Waals surface area contributed by atoms with E-state index in [1.807, 2.05) is 19.2 Å². The van der Waals surface area contributed by atoms with Crippen LogP contribution in [-0.4, -0.2) is 9.78 Å². The van der Waals surface area contributed by atoms with Gasteiger partial charge in [0.25, 0.3) is 0 Å². The van der Waals surface area contributed by atoms with E-state index >= 15 is 0 Å². The number of rotatable bonds is 3. The summed E-state index contributed by atoms with van der Waals surface area (Å²) in [5.41, 5.74) is 3.02. The molecule has 1 aromatic heterocycles. The average molecular weight is 252 g/mol. The van der Waals surface area contributed by atoms with Crippen molar-refractivity contribution in [2.75, 3.05) is 5.32 Å². The second kappa shape index (κ2) is 4.13. The summed E-state index contributed by atoms with van der Waals surface area (Å²) in [7, 11) is 1.90. The molecule has 1 aliphatic rings. The van der Waals surface area contributed by atoms with E-state index in [2.05, 4.69) is 35.5 Å². The lowest BCUT2D eigenvalue weighted by Crippen LogP contribution is -2.09. The number of hydrogen-bond acceptors (Lipinski definition) is 3. The molecule has 1 fully saturated rings. The van der Waals surface area contributed by atoms with E-state index in [-0.39, 0.29) is 5.41 Å². The van der Waals surface area contributed by atoms with Gasteiger partial charge in [-0.25, -0.2) is 0 Å². The van der Waals surface area contributed by atoms with Crippen molar-refractivity contribution in [3.63, 3.8) is 0 Å². The fourth-order valence-electron chi connectivity index (χ4n) is 2.42. The van der Waals surface area contributed by atoms with Crippen LogP contribution in [0.3, 0.4) is 0 Å². The molecule has 2 aromatic rings. The maximum absolute atomic E-state index is 9.41. The molecule has 0 bridgehead atoms. The van der Waals surface area contributed by atoms with Gasteiger partial charge >= 0.3 is 0 Å². The van der Waals surface area contributed by atoms with Crippen LogP contribution < -0.4 is 5.32 Å². The van der Waals surface area contributed by atoms with Crippen molar-refractivity contribution in [2.24, 2.45) is 7.05 Å². The zero-order chi connectivity index (χ0) is 13.5. The Morgan fingerprint density at radius 1 is 1.37 bits per heavy atom. The third kappa shape index (κ3) is 1.88. The van der Waals surface area contributed by atoms with E-state index in [0.29, 0.717) is 0 Å². The van der Waals surface area contributed by atoms with Crippen LogP contribution in [0.15, 0.2) is 30.5 Å². The van der Waals surface area contributed by atoms with E-state index in [9.17, 15) is 5.26 Å². The molecule has 19 heavy (non-hydrogen) atoms. The van der Waals surface area contributed by atoms with Crippen molar-refractivity contribution >= 4 is 11.5 Å². The zero-order valence-corrected chi connectivity index (χ0v) is 11.1. The number of benzene rings is 1. The number of nitrogens with one attached hydrogen (secondary N) is 1. The molecule has 1 aliphatic carbocycles. The van der Waals surface area contributed by atoms with Crippen LogP contribution in [0, 0.1) is 18.3 Å². The van der Waals surface area contributed by atoms with Gasteiger partial charge in [0.15, 0.2) is 0 Å². The second-order valence-corrected chi connectivity index (χ2v) is 5.16. The Hall–Kier alpha value is -2.28. The zero-order valence-electron chi connectivity index (χ0n) is 11.1. The Bertz CT molecular complexity index is 659. The van der Waals surface area contributed by atoms with Crippen molar-refractivity contribution in [2.45, 2.75) is 25.2 Å². The van der Waals surface area contributed by atoms with Gasteiger partial charge in [0, 0.05) is 18.8 Å². The molecular formula is C15H16N4. The number of nitriles is 1. The lowest BCUT2D eigenvalue weighted by atomic mass is 9.93. The van der Waals surface area contributed by atoms with Gasteiger partial charge in [0.1, 0.15) is 5.82 Å². The highest BCUT2D eigenvalue weighted by Gasteiger charge is 2.46. The Labute approximate surface area is 112 Å². The number of para-hydroxylation sites is 1. The summed E-state index contributed by atoms with van der Waals surface area (Å²) in [6.45, 7) is 2.07. The van der Waals surface area contributed by atoms with Crippen molar-refractivity contribution < 1.29 is 0 Å². The van der Waals surface area contributed by atoms with Crippen LogP contribution in [0.2, 0.25) is 0 Å². The molecule has 0 radical (unpaired) electrons. The topological polar surface area (TPSA) is 53.6 Å². The standard InChI is InChI=1S/C15H16N4/c1-11-4-3-5-12(15(10-16)7-8-15)14(11)18-13-6-9-17-19(13)2/h3-6,9,18H,7-8H2,1-2H3. The quantitative estimate of drug-likeness (QED) is 0.913. The maximum Gasteiger partial charge on any atom is 0.128 e. The fraction of sp³-hybridized carbons (Fsp3) is 0.333. The Morgan fingerprint density at radius 2 is 2.16 bits per heavy atom. The highest BCUT2D eigenvalue weighted by Crippen LogP contribution is 2.51. The molecule has 1 aromatic carbocycles. The summed E-state index contributed by atoms with van der Waals surface area (Å²) in [5.74, 6) is 0.935. The number of aryl methyl sites for hydroxylation is 2. The predicted octanol–water partition coefficient (Wildman–Crippen LogP) is 3.03. The van der Waals surface area contributed by atoms with Gasteiger partial charge in [-0.2, -0.15) is 10.4 Å². The minimum absolute atomic E-state index is 0.285. The predicted molar refractivity (Wildman–Crippen MR) is 74.2 cm³/mol. The van der Waals surface area contributed by atoms with Gasteiger partial charge in [0.05, 0.1) is 17.7 Å². The third-order valence-corrected chi connectivity index (χ3v) is 3.83. The average Bonchev–Trinajstić information content (AvgIpc) is 3.11. The minimum atomic E-state index is -0.285. The van der Waals surface area contributed by atoms with Crippen molar-refractivity contribution in [1.82, 2.24) is 9.78 Å². The number of anilines is 2. The number of nitrogens with zero attached hydrogens (tertiary/aromatic N) is 3. The van der Waals surface area contributed by atoms with Gasteiger partial charge < -0.3 is 5.32 Å². The van der Waals surface area contributed by atoms with E-state index < -0.39 is 0 Å². The van der Waals surface area contributed by atoms with Gasteiger partial charge in [0.2, 0.25) is 0 Å². The Kier molecular flexibility index (Phi) is 2.56. The first-order valence-electron chi connectivity index (χ1n) is 6.43. The second-order valence-electron chi connectivity index (χ2n) is 5.16. The first kappa shape index (κ1) is 11.8. The highest BCUT2D eigenvalue weighted by molar-refractivity contribution is 5.69. The number of aromatic nitrogens is 2. The Balaban J connectivity index is 2.06. The van der Waals surface area contributed by atoms with E-state index in [1.54, 1.807) is 10.9 Å². The number of hydrogen-bond donors (Lipinski definition) is 1. The molecule has 1 N–H and O–H groups in total. The van der Waals surface area contributed by atoms with Crippen LogP contribution in [-0.2, 0) is 12.5 Å². The van der Waals surface area contributed by atoms with Crippen LogP contribution in [0.25, 0.3) is 0 Å². The van der Waals surface area contributed by atoms with Gasteiger partial charge in [-0.05, 0) is 30.9 Å². The summed E-state index contributed by atoms with van der Waals surface area (Å²) in [6, 6.07) is 10.5. The minimum Gasteiger partial charge on any atom is -0.340 e. The maximum atomic E-state index is 9.41. The molecule has 0 atom stereocenters. The monoisotopic (exact) mass is 252 g/mol. The SMILES string of the molecule is Cc1cccc(C2(C#N)CC2)c1Nc1ccnn1C. The summed E-state index contributed by atoms with van der Waals surface area (Å²) >= 11 is 0. The lowest BCUT2D eigenvalue weighted by Gasteiger charge is -2.17. The largest absolute Gasteiger partial charge is 0.340 e. The molecule has 1 heterocycles. The molecule has 1 saturated carbocycles. The van der Waals surface area contributed by atoms with Crippen molar-refractivity contribution in [3.8, 4) is 6.07 Å². The van der Waals surface area contributed by atoms with Gasteiger partial charge in [-0.1, -0.05) is 18.2 Å². The third-order valence-electron chi connectivity index (χ3n) is 3.83. The molecule has 96 valence electrons. The summed E-state index contributed by atoms with van der Waals surface area (Å²) < 4.78 is 1.79.